The van der Waals surface area contributed by atoms with E-state index in [0.29, 0.717) is 5.82 Å². The number of carbonyl (C=O) groups is 1. The number of fused-ring (bicyclic) bond motifs is 1. The molecule has 0 unspecified atom stereocenters. The zero-order valence-electron chi connectivity index (χ0n) is 10.9. The van der Waals surface area contributed by atoms with Crippen LogP contribution in [0.2, 0.25) is 0 Å². The van der Waals surface area contributed by atoms with Crippen LogP contribution >= 0.6 is 0 Å². The zero-order chi connectivity index (χ0) is 14.1. The molecule has 1 aromatic carbocycles. The Kier molecular flexibility index (Phi) is 2.95. The number of carboxylic acid groups (broad SMARTS) is 1. The van der Waals surface area contributed by atoms with Crippen LogP contribution < -0.4 is 0 Å². The lowest BCUT2D eigenvalue weighted by atomic mass is 10.1. The van der Waals surface area contributed by atoms with E-state index in [1.165, 1.54) is 0 Å². The molecule has 20 heavy (non-hydrogen) atoms. The first-order valence-electron chi connectivity index (χ1n) is 6.26. The molecular weight excluding hydrogens is 254 g/mol. The number of carboxylic acids is 1. The van der Waals surface area contributed by atoms with Gasteiger partial charge in [-0.15, -0.1) is 0 Å². The first-order valence-corrected chi connectivity index (χ1v) is 6.26. The molecule has 5 heteroatoms. The summed E-state index contributed by atoms with van der Waals surface area (Å²) in [4.78, 5) is 22.5. The maximum atomic E-state index is 10.8. The average molecular weight is 267 g/mol. The molecule has 0 aliphatic carbocycles. The lowest BCUT2D eigenvalue weighted by molar-refractivity contribution is -0.136. The Bertz CT molecular complexity index is 793. The van der Waals surface area contributed by atoms with Gasteiger partial charge >= 0.3 is 5.97 Å². The molecule has 2 heterocycles. The predicted octanol–water partition coefficient (Wildman–Crippen LogP) is 2.56. The number of hydrogen-bond donors (Lipinski definition) is 2. The summed E-state index contributed by atoms with van der Waals surface area (Å²) in [6.45, 7) is 1.84. The van der Waals surface area contributed by atoms with Crippen LogP contribution in [0.1, 0.15) is 11.5 Å². The van der Waals surface area contributed by atoms with Gasteiger partial charge in [0.2, 0.25) is 0 Å². The van der Waals surface area contributed by atoms with Crippen molar-refractivity contribution < 1.29 is 9.90 Å². The molecule has 100 valence electrons. The fourth-order valence-electron chi connectivity index (χ4n) is 2.27. The van der Waals surface area contributed by atoms with E-state index >= 15 is 0 Å². The number of aromatic nitrogens is 3. The Morgan fingerprint density at radius 1 is 1.30 bits per heavy atom. The molecule has 2 N–H and O–H groups in total. The van der Waals surface area contributed by atoms with E-state index in [2.05, 4.69) is 15.0 Å². The Labute approximate surface area is 115 Å². The van der Waals surface area contributed by atoms with Gasteiger partial charge in [0, 0.05) is 28.4 Å². The van der Waals surface area contributed by atoms with Crippen LogP contribution in [0.25, 0.3) is 22.2 Å². The van der Waals surface area contributed by atoms with Crippen LogP contribution in [0, 0.1) is 6.92 Å². The van der Waals surface area contributed by atoms with Crippen LogP contribution in [-0.4, -0.2) is 26.0 Å². The molecule has 0 radical (unpaired) electrons. The number of benzene rings is 1. The number of rotatable bonds is 3. The third kappa shape index (κ3) is 2.25. The monoisotopic (exact) mass is 267 g/mol. The predicted molar refractivity (Wildman–Crippen MR) is 75.4 cm³/mol. The molecule has 0 saturated heterocycles. The number of para-hydroxylation sites is 1. The Hall–Kier alpha value is -2.69. The molecule has 0 spiro atoms. The van der Waals surface area contributed by atoms with Crippen LogP contribution in [0.5, 0.6) is 0 Å². The average Bonchev–Trinajstić information content (AvgIpc) is 2.80. The highest BCUT2D eigenvalue weighted by Crippen LogP contribution is 2.27. The van der Waals surface area contributed by atoms with Crippen molar-refractivity contribution in [1.29, 1.82) is 0 Å². The van der Waals surface area contributed by atoms with Gasteiger partial charge in [-0.2, -0.15) is 0 Å². The Morgan fingerprint density at radius 3 is 2.90 bits per heavy atom. The summed E-state index contributed by atoms with van der Waals surface area (Å²) in [5.74, 6) is -0.599. The van der Waals surface area contributed by atoms with E-state index < -0.39 is 5.97 Å². The van der Waals surface area contributed by atoms with Crippen LogP contribution in [-0.2, 0) is 11.2 Å². The van der Waals surface area contributed by atoms with Gasteiger partial charge in [-0.1, -0.05) is 18.2 Å². The van der Waals surface area contributed by atoms with E-state index in [9.17, 15) is 4.79 Å². The number of hydrogen-bond acceptors (Lipinski definition) is 3. The number of aromatic amines is 1. The minimum Gasteiger partial charge on any atom is -0.481 e. The van der Waals surface area contributed by atoms with Gasteiger partial charge < -0.3 is 10.1 Å². The van der Waals surface area contributed by atoms with Crippen molar-refractivity contribution in [3.8, 4) is 11.3 Å². The first kappa shape index (κ1) is 12.3. The summed E-state index contributed by atoms with van der Waals surface area (Å²) in [7, 11) is 0. The summed E-state index contributed by atoms with van der Waals surface area (Å²) < 4.78 is 0. The largest absolute Gasteiger partial charge is 0.481 e. The number of aryl methyl sites for hydroxylation is 1. The fraction of sp³-hybridized carbons (Fsp3) is 0.133. The summed E-state index contributed by atoms with van der Waals surface area (Å²) in [6.07, 6.45) is 1.72. The second-order valence-electron chi connectivity index (χ2n) is 4.63. The Balaban J connectivity index is 2.14. The summed E-state index contributed by atoms with van der Waals surface area (Å²) in [6, 6.07) is 9.79. The standard InChI is InChI=1S/C15H13N3O2/c1-9-6-13(18-14(17-9)7-15(19)20)11-8-16-12-5-3-2-4-10(11)12/h2-6,8,16H,7H2,1H3,(H,19,20). The lowest BCUT2D eigenvalue weighted by Gasteiger charge is -2.04. The third-order valence-corrected chi connectivity index (χ3v) is 3.08. The molecule has 3 rings (SSSR count). The minimum atomic E-state index is -0.930. The van der Waals surface area contributed by atoms with Crippen molar-refractivity contribution in [1.82, 2.24) is 15.0 Å². The lowest BCUT2D eigenvalue weighted by Crippen LogP contribution is -2.06. The third-order valence-electron chi connectivity index (χ3n) is 3.08. The highest BCUT2D eigenvalue weighted by atomic mass is 16.4. The highest BCUT2D eigenvalue weighted by Gasteiger charge is 2.11. The first-order chi connectivity index (χ1) is 9.63. The molecule has 5 nitrogen and oxygen atoms in total. The molecule has 3 aromatic rings. The molecule has 0 aliphatic rings. The molecule has 0 fully saturated rings. The maximum Gasteiger partial charge on any atom is 0.311 e. The molecule has 0 amide bonds. The van der Waals surface area contributed by atoms with Gasteiger partial charge in [0.1, 0.15) is 12.2 Å². The Morgan fingerprint density at radius 2 is 2.10 bits per heavy atom. The van der Waals surface area contributed by atoms with E-state index in [1.54, 1.807) is 0 Å². The fourth-order valence-corrected chi connectivity index (χ4v) is 2.27. The smallest absolute Gasteiger partial charge is 0.311 e. The van der Waals surface area contributed by atoms with Gasteiger partial charge in [0.25, 0.3) is 0 Å². The van der Waals surface area contributed by atoms with E-state index in [1.807, 2.05) is 43.5 Å². The second-order valence-corrected chi connectivity index (χ2v) is 4.63. The normalized spacial score (nSPS) is 10.8. The van der Waals surface area contributed by atoms with Crippen molar-refractivity contribution in [3.05, 3.63) is 48.0 Å². The quantitative estimate of drug-likeness (QED) is 0.764. The van der Waals surface area contributed by atoms with Gasteiger partial charge in [-0.05, 0) is 19.1 Å². The van der Waals surface area contributed by atoms with Crippen LogP contribution in [0.3, 0.4) is 0 Å². The van der Waals surface area contributed by atoms with Crippen molar-refractivity contribution in [3.63, 3.8) is 0 Å². The van der Waals surface area contributed by atoms with Crippen molar-refractivity contribution in [2.24, 2.45) is 0 Å². The van der Waals surface area contributed by atoms with Gasteiger partial charge in [0.15, 0.2) is 0 Å². The van der Waals surface area contributed by atoms with Gasteiger partial charge in [-0.3, -0.25) is 4.79 Å². The maximum absolute atomic E-state index is 10.8. The molecule has 0 aliphatic heterocycles. The SMILES string of the molecule is Cc1cc(-c2c[nH]c3ccccc23)nc(CC(=O)O)n1. The zero-order valence-corrected chi connectivity index (χ0v) is 10.9. The minimum absolute atomic E-state index is 0.170. The molecule has 0 saturated carbocycles. The second kappa shape index (κ2) is 4.77. The summed E-state index contributed by atoms with van der Waals surface area (Å²) in [5, 5.41) is 9.93. The van der Waals surface area contributed by atoms with E-state index in [0.717, 1.165) is 27.9 Å². The summed E-state index contributed by atoms with van der Waals surface area (Å²) in [5.41, 5.74) is 3.49. The van der Waals surface area contributed by atoms with Crippen molar-refractivity contribution in [2.75, 3.05) is 0 Å². The highest BCUT2D eigenvalue weighted by molar-refractivity contribution is 5.94. The molecule has 0 bridgehead atoms. The number of aliphatic carboxylic acids is 1. The van der Waals surface area contributed by atoms with Crippen LogP contribution in [0.15, 0.2) is 36.5 Å². The molecular formula is C15H13N3O2. The van der Waals surface area contributed by atoms with Crippen LogP contribution in [0.4, 0.5) is 0 Å². The number of nitrogens with one attached hydrogen (secondary N) is 1. The van der Waals surface area contributed by atoms with Crippen molar-refractivity contribution in [2.45, 2.75) is 13.3 Å². The van der Waals surface area contributed by atoms with E-state index in [-0.39, 0.29) is 6.42 Å². The van der Waals surface area contributed by atoms with Gasteiger partial charge in [-0.25, -0.2) is 9.97 Å². The molecule has 2 aromatic heterocycles. The molecule has 0 atom stereocenters. The topological polar surface area (TPSA) is 78.9 Å². The summed E-state index contributed by atoms with van der Waals surface area (Å²) >= 11 is 0. The van der Waals surface area contributed by atoms with Crippen molar-refractivity contribution >= 4 is 16.9 Å². The van der Waals surface area contributed by atoms with Gasteiger partial charge in [0.05, 0.1) is 5.69 Å². The number of nitrogens with zero attached hydrogens (tertiary/aromatic N) is 2. The van der Waals surface area contributed by atoms with E-state index in [4.69, 9.17) is 5.11 Å². The number of H-pyrrole nitrogens is 1.